The van der Waals surface area contributed by atoms with Crippen LogP contribution in [0.25, 0.3) is 0 Å². The van der Waals surface area contributed by atoms with Gasteiger partial charge < -0.3 is 9.68 Å². The van der Waals surface area contributed by atoms with Gasteiger partial charge in [-0.3, -0.25) is 0 Å². The van der Waals surface area contributed by atoms with Crippen molar-refractivity contribution >= 4 is 0 Å². The first-order chi connectivity index (χ1) is 16.9. The molecule has 0 fully saturated rings. The molecule has 0 spiro atoms. The van der Waals surface area contributed by atoms with Crippen LogP contribution in [0.15, 0.2) is 35.8 Å². The van der Waals surface area contributed by atoms with Crippen LogP contribution in [-0.2, 0) is 0 Å². The average molecular weight is 471 g/mol. The molecule has 0 radical (unpaired) electrons. The van der Waals surface area contributed by atoms with Gasteiger partial charge in [0.2, 0.25) is 0 Å². The van der Waals surface area contributed by atoms with Gasteiger partial charge in [0.1, 0.15) is 0 Å². The van der Waals surface area contributed by atoms with Crippen molar-refractivity contribution in [3.05, 3.63) is 35.8 Å². The van der Waals surface area contributed by atoms with E-state index < -0.39 is 0 Å². The van der Waals surface area contributed by atoms with Crippen LogP contribution in [0.4, 0.5) is 0 Å². The number of hydroxylamine groups is 2. The third-order valence-electron chi connectivity index (χ3n) is 6.75. The minimum absolute atomic E-state index is 0.277. The zero-order valence-electron chi connectivity index (χ0n) is 21.2. The topological polar surface area (TPSA) is 68.3 Å². The summed E-state index contributed by atoms with van der Waals surface area (Å²) in [7, 11) is 0. The van der Waals surface area contributed by atoms with Crippen LogP contribution in [0.1, 0.15) is 128 Å². The summed E-state index contributed by atoms with van der Waals surface area (Å²) in [5.74, 6) is 0.464. The van der Waals surface area contributed by atoms with Crippen molar-refractivity contribution < 1.29 is 9.68 Å². The molecule has 0 atom stereocenters. The molecule has 0 saturated carbocycles. The van der Waals surface area contributed by atoms with Crippen molar-refractivity contribution in [2.24, 2.45) is 0 Å². The number of hydrogen-bond acceptors (Lipinski definition) is 6. The molecule has 1 heterocycles. The van der Waals surface area contributed by atoms with Crippen molar-refractivity contribution in [1.82, 2.24) is 20.9 Å². The molecule has 1 aromatic rings. The maximum absolute atomic E-state index is 5.80. The molecule has 3 rings (SSSR count). The van der Waals surface area contributed by atoms with Crippen molar-refractivity contribution in [2.75, 3.05) is 0 Å². The van der Waals surface area contributed by atoms with Crippen LogP contribution in [0, 0.1) is 0 Å². The first-order valence-corrected chi connectivity index (χ1v) is 14.0. The van der Waals surface area contributed by atoms with Crippen LogP contribution in [0.5, 0.6) is 11.9 Å². The number of allylic oxidation sites excluding steroid dienone is 4. The number of hydrogen-bond donors (Lipinski definition) is 2. The number of aromatic nitrogens is 2. The van der Waals surface area contributed by atoms with E-state index in [1.54, 1.807) is 12.3 Å². The molecule has 0 aromatic carbocycles. The van der Waals surface area contributed by atoms with Gasteiger partial charge in [-0.15, -0.1) is 0 Å². The molecule has 2 aliphatic rings. The summed E-state index contributed by atoms with van der Waals surface area (Å²) in [5, 5.41) is 0. The highest BCUT2D eigenvalue weighted by atomic mass is 16.7. The second kappa shape index (κ2) is 17.2. The Hall–Kier alpha value is -2.24. The quantitative estimate of drug-likeness (QED) is 0.413. The predicted octanol–water partition coefficient (Wildman–Crippen LogP) is 7.84. The summed E-state index contributed by atoms with van der Waals surface area (Å²) >= 11 is 0. The maximum atomic E-state index is 5.80. The molecule has 6 nitrogen and oxygen atoms in total. The molecular weight excluding hydrogens is 424 g/mol. The smallest absolute Gasteiger partial charge is 0.346 e. The Morgan fingerprint density at radius 3 is 1.59 bits per heavy atom. The summed E-state index contributed by atoms with van der Waals surface area (Å²) in [6.45, 7) is 0. The second-order valence-corrected chi connectivity index (χ2v) is 9.78. The van der Waals surface area contributed by atoms with Crippen LogP contribution in [-0.4, -0.2) is 9.97 Å². The summed E-state index contributed by atoms with van der Waals surface area (Å²) in [4.78, 5) is 20.2. The second-order valence-electron chi connectivity index (χ2n) is 9.78. The lowest BCUT2D eigenvalue weighted by atomic mass is 10.0. The number of rotatable bonds is 6. The monoisotopic (exact) mass is 470 g/mol. The Morgan fingerprint density at radius 2 is 1.03 bits per heavy atom. The summed E-state index contributed by atoms with van der Waals surface area (Å²) in [6.07, 6.45) is 31.4. The van der Waals surface area contributed by atoms with E-state index in [1.165, 1.54) is 103 Å². The van der Waals surface area contributed by atoms with Gasteiger partial charge in [-0.1, -0.05) is 89.2 Å². The van der Waals surface area contributed by atoms with E-state index in [4.69, 9.17) is 9.68 Å². The fraction of sp³-hybridized carbons (Fsp3) is 0.714. The molecule has 0 saturated heterocycles. The van der Waals surface area contributed by atoms with Crippen LogP contribution >= 0.6 is 0 Å². The van der Waals surface area contributed by atoms with Crippen LogP contribution in [0.3, 0.4) is 0 Å². The van der Waals surface area contributed by atoms with Gasteiger partial charge in [-0.25, -0.2) is 15.9 Å². The zero-order valence-corrected chi connectivity index (χ0v) is 21.2. The Morgan fingerprint density at radius 1 is 0.559 bits per heavy atom. The Bertz CT molecular complexity index is 678. The van der Waals surface area contributed by atoms with E-state index in [0.717, 1.165) is 37.1 Å². The van der Waals surface area contributed by atoms with Crippen LogP contribution < -0.4 is 20.6 Å². The molecule has 6 heteroatoms. The SMILES string of the molecule is C1=C(NOc2ccnc(ONC3=CCCCCCCCCCC3)n2)CCCCCCCCCC1. The fourth-order valence-electron chi connectivity index (χ4n) is 4.64. The van der Waals surface area contributed by atoms with Crippen molar-refractivity contribution in [3.8, 4) is 11.9 Å². The highest BCUT2D eigenvalue weighted by Gasteiger charge is 2.07. The van der Waals surface area contributed by atoms with Gasteiger partial charge in [0.15, 0.2) is 0 Å². The highest BCUT2D eigenvalue weighted by molar-refractivity contribution is 5.12. The molecule has 2 N–H and O–H groups in total. The van der Waals surface area contributed by atoms with Crippen molar-refractivity contribution in [2.45, 2.75) is 128 Å². The van der Waals surface area contributed by atoms with Crippen molar-refractivity contribution in [1.29, 1.82) is 0 Å². The van der Waals surface area contributed by atoms with E-state index in [1.807, 2.05) is 0 Å². The highest BCUT2D eigenvalue weighted by Crippen LogP contribution is 2.18. The predicted molar refractivity (Wildman–Crippen MR) is 138 cm³/mol. The molecule has 0 bridgehead atoms. The van der Waals surface area contributed by atoms with E-state index in [-0.39, 0.29) is 6.01 Å². The number of nitrogens with one attached hydrogen (secondary N) is 2. The Kier molecular flexibility index (Phi) is 13.4. The molecule has 2 aliphatic carbocycles. The third-order valence-corrected chi connectivity index (χ3v) is 6.75. The van der Waals surface area contributed by atoms with Gasteiger partial charge >= 0.3 is 6.01 Å². The van der Waals surface area contributed by atoms with Gasteiger partial charge in [0.05, 0.1) is 0 Å². The summed E-state index contributed by atoms with van der Waals surface area (Å²) in [6, 6.07) is 2.03. The maximum Gasteiger partial charge on any atom is 0.346 e. The minimum atomic E-state index is 0.277. The Balaban J connectivity index is 1.47. The minimum Gasteiger partial charge on any atom is -0.362 e. The van der Waals surface area contributed by atoms with E-state index in [0.29, 0.717) is 5.88 Å². The van der Waals surface area contributed by atoms with Gasteiger partial charge in [-0.05, 0) is 51.4 Å². The first kappa shape index (κ1) is 26.4. The van der Waals surface area contributed by atoms with E-state index in [9.17, 15) is 0 Å². The third kappa shape index (κ3) is 11.8. The summed E-state index contributed by atoms with van der Waals surface area (Å²) < 4.78 is 0. The number of nitrogens with zero attached hydrogens (tertiary/aromatic N) is 2. The molecule has 190 valence electrons. The molecule has 1 aromatic heterocycles. The normalized spacial score (nSPS) is 20.1. The van der Waals surface area contributed by atoms with E-state index in [2.05, 4.69) is 33.1 Å². The van der Waals surface area contributed by atoms with Crippen LogP contribution in [0.2, 0.25) is 0 Å². The summed E-state index contributed by atoms with van der Waals surface area (Å²) in [5.41, 5.74) is 8.54. The standard InChI is InChI=1S/C28H46N4O2/c1-3-7-11-15-19-25(20-16-12-8-4-1)31-33-27-23-24-29-28(30-27)34-32-26-21-17-13-9-5-2-6-10-14-18-22-26/h19,21,23-24,31-32H,1-18,20,22H2. The zero-order chi connectivity index (χ0) is 23.5. The molecular formula is C28H46N4O2. The van der Waals surface area contributed by atoms with E-state index >= 15 is 0 Å². The Labute approximate surface area is 206 Å². The van der Waals surface area contributed by atoms with Gasteiger partial charge in [0, 0.05) is 23.7 Å². The molecule has 0 aliphatic heterocycles. The largest absolute Gasteiger partial charge is 0.362 e. The fourth-order valence-corrected chi connectivity index (χ4v) is 4.64. The lowest BCUT2D eigenvalue weighted by Gasteiger charge is -2.14. The van der Waals surface area contributed by atoms with Crippen molar-refractivity contribution in [3.63, 3.8) is 0 Å². The van der Waals surface area contributed by atoms with Gasteiger partial charge in [-0.2, -0.15) is 4.98 Å². The van der Waals surface area contributed by atoms with Gasteiger partial charge in [0.25, 0.3) is 5.88 Å². The molecule has 0 unspecified atom stereocenters. The lowest BCUT2D eigenvalue weighted by Crippen LogP contribution is -2.21. The lowest BCUT2D eigenvalue weighted by molar-refractivity contribution is 0.184. The molecule has 0 amide bonds. The first-order valence-electron chi connectivity index (χ1n) is 14.0. The molecule has 34 heavy (non-hydrogen) atoms. The average Bonchev–Trinajstić information content (AvgIpc) is 2.84.